The molecule has 1 aromatic heterocycles. The van der Waals surface area contributed by atoms with Crippen molar-refractivity contribution in [3.63, 3.8) is 0 Å². The van der Waals surface area contributed by atoms with Crippen molar-refractivity contribution in [2.24, 2.45) is 0 Å². The summed E-state index contributed by atoms with van der Waals surface area (Å²) in [6.07, 6.45) is 9.59. The molecule has 0 saturated carbocycles. The maximum Gasteiger partial charge on any atom is 0.344 e. The molecule has 0 fully saturated rings. The molecule has 1 rings (SSSR count). The molecule has 0 radical (unpaired) electrons. The molecule has 18 heavy (non-hydrogen) atoms. The standard InChI is InChI=1S/C11H13N3O4/c1-3-5-17-8-9(18-6-4-2)7-14-10(15)12-13-11(14)16/h1-2,9H,5-8H2,(H,12,15)(H,13,16). The van der Waals surface area contributed by atoms with Crippen LogP contribution in [0, 0.1) is 24.7 Å². The van der Waals surface area contributed by atoms with Crippen molar-refractivity contribution in [1.82, 2.24) is 14.8 Å². The summed E-state index contributed by atoms with van der Waals surface area (Å²) in [4.78, 5) is 22.6. The second-order valence-electron chi connectivity index (χ2n) is 3.33. The van der Waals surface area contributed by atoms with E-state index in [1.54, 1.807) is 0 Å². The van der Waals surface area contributed by atoms with E-state index in [-0.39, 0.29) is 26.4 Å². The lowest BCUT2D eigenvalue weighted by Gasteiger charge is -2.15. The van der Waals surface area contributed by atoms with Crippen LogP contribution in [0.2, 0.25) is 0 Å². The minimum atomic E-state index is -0.550. The lowest BCUT2D eigenvalue weighted by molar-refractivity contribution is -0.00463. The number of ether oxygens (including phenoxy) is 2. The van der Waals surface area contributed by atoms with Gasteiger partial charge in [-0.25, -0.2) is 24.4 Å². The van der Waals surface area contributed by atoms with Crippen LogP contribution in [0.3, 0.4) is 0 Å². The number of aromatic nitrogens is 3. The summed E-state index contributed by atoms with van der Waals surface area (Å²) in [7, 11) is 0. The second kappa shape index (κ2) is 7.17. The van der Waals surface area contributed by atoms with Gasteiger partial charge in [-0.1, -0.05) is 11.8 Å². The molecule has 0 bridgehead atoms. The fourth-order valence-electron chi connectivity index (χ4n) is 1.27. The average Bonchev–Trinajstić information content (AvgIpc) is 2.67. The van der Waals surface area contributed by atoms with E-state index in [1.165, 1.54) is 0 Å². The fraction of sp³-hybridized carbons (Fsp3) is 0.455. The molecular weight excluding hydrogens is 238 g/mol. The molecule has 1 atom stereocenters. The van der Waals surface area contributed by atoms with Crippen LogP contribution in [0.5, 0.6) is 0 Å². The van der Waals surface area contributed by atoms with E-state index in [4.69, 9.17) is 22.3 Å². The van der Waals surface area contributed by atoms with Crippen LogP contribution in [0.25, 0.3) is 0 Å². The van der Waals surface area contributed by atoms with Gasteiger partial charge in [-0.05, 0) is 0 Å². The van der Waals surface area contributed by atoms with E-state index in [9.17, 15) is 9.59 Å². The summed E-state index contributed by atoms with van der Waals surface area (Å²) in [5.41, 5.74) is -1.10. The number of H-pyrrole nitrogens is 2. The van der Waals surface area contributed by atoms with Gasteiger partial charge >= 0.3 is 11.4 Å². The van der Waals surface area contributed by atoms with E-state index in [0.717, 1.165) is 4.57 Å². The van der Waals surface area contributed by atoms with Gasteiger partial charge < -0.3 is 9.47 Å². The summed E-state index contributed by atoms with van der Waals surface area (Å²) >= 11 is 0. The molecule has 1 aromatic rings. The maximum absolute atomic E-state index is 11.3. The summed E-state index contributed by atoms with van der Waals surface area (Å²) in [6, 6.07) is 0. The first-order chi connectivity index (χ1) is 8.69. The number of nitrogens with zero attached hydrogens (tertiary/aromatic N) is 1. The van der Waals surface area contributed by atoms with E-state index in [0.29, 0.717) is 0 Å². The van der Waals surface area contributed by atoms with Crippen LogP contribution in [0.4, 0.5) is 0 Å². The molecule has 1 unspecified atom stereocenters. The Kier molecular flexibility index (Phi) is 5.52. The highest BCUT2D eigenvalue weighted by Crippen LogP contribution is 1.95. The second-order valence-corrected chi connectivity index (χ2v) is 3.33. The Balaban J connectivity index is 2.66. The summed E-state index contributed by atoms with van der Waals surface area (Å²) < 4.78 is 11.3. The smallest absolute Gasteiger partial charge is 0.344 e. The Morgan fingerprint density at radius 1 is 1.17 bits per heavy atom. The molecule has 0 spiro atoms. The molecular formula is C11H13N3O4. The van der Waals surface area contributed by atoms with Crippen molar-refractivity contribution in [2.45, 2.75) is 12.6 Å². The topological polar surface area (TPSA) is 89.1 Å². The highest BCUT2D eigenvalue weighted by atomic mass is 16.5. The summed E-state index contributed by atoms with van der Waals surface area (Å²) in [5, 5.41) is 4.33. The lowest BCUT2D eigenvalue weighted by atomic mass is 10.3. The van der Waals surface area contributed by atoms with Crippen molar-refractivity contribution in [3.05, 3.63) is 21.0 Å². The van der Waals surface area contributed by atoms with Gasteiger partial charge in [0.15, 0.2) is 0 Å². The van der Waals surface area contributed by atoms with Crippen molar-refractivity contribution >= 4 is 0 Å². The Bertz CT molecular complexity index is 527. The van der Waals surface area contributed by atoms with Gasteiger partial charge in [0.1, 0.15) is 19.3 Å². The number of hydrogen-bond acceptors (Lipinski definition) is 4. The average molecular weight is 251 g/mol. The zero-order valence-electron chi connectivity index (χ0n) is 9.64. The zero-order chi connectivity index (χ0) is 13.4. The third-order valence-corrected chi connectivity index (χ3v) is 2.04. The molecule has 0 saturated heterocycles. The molecule has 0 amide bonds. The van der Waals surface area contributed by atoms with Crippen LogP contribution in [-0.2, 0) is 16.0 Å². The van der Waals surface area contributed by atoms with Crippen LogP contribution >= 0.6 is 0 Å². The monoisotopic (exact) mass is 251 g/mol. The van der Waals surface area contributed by atoms with Gasteiger partial charge in [-0.2, -0.15) is 0 Å². The van der Waals surface area contributed by atoms with E-state index in [2.05, 4.69) is 22.0 Å². The van der Waals surface area contributed by atoms with E-state index < -0.39 is 17.5 Å². The number of nitrogens with one attached hydrogen (secondary N) is 2. The molecule has 2 N–H and O–H groups in total. The zero-order valence-corrected chi connectivity index (χ0v) is 9.64. The lowest BCUT2D eigenvalue weighted by Crippen LogP contribution is -2.35. The first kappa shape index (κ1) is 13.8. The number of rotatable bonds is 7. The first-order valence-corrected chi connectivity index (χ1v) is 5.12. The molecule has 96 valence electrons. The van der Waals surface area contributed by atoms with Gasteiger partial charge in [0.2, 0.25) is 0 Å². The minimum absolute atomic E-state index is 0.0317. The van der Waals surface area contributed by atoms with Crippen molar-refractivity contribution in [1.29, 1.82) is 0 Å². The van der Waals surface area contributed by atoms with E-state index >= 15 is 0 Å². The Hall–Kier alpha value is -2.22. The van der Waals surface area contributed by atoms with Gasteiger partial charge in [-0.3, -0.25) is 0 Å². The predicted octanol–water partition coefficient (Wildman–Crippen LogP) is -1.47. The van der Waals surface area contributed by atoms with Crippen LogP contribution in [0.1, 0.15) is 0 Å². The fourth-order valence-corrected chi connectivity index (χ4v) is 1.27. The Morgan fingerprint density at radius 3 is 2.33 bits per heavy atom. The van der Waals surface area contributed by atoms with Crippen LogP contribution < -0.4 is 11.4 Å². The molecule has 0 aliphatic rings. The Morgan fingerprint density at radius 2 is 1.78 bits per heavy atom. The van der Waals surface area contributed by atoms with Crippen LogP contribution in [-0.4, -0.2) is 40.7 Å². The predicted molar refractivity (Wildman–Crippen MR) is 63.9 cm³/mol. The first-order valence-electron chi connectivity index (χ1n) is 5.12. The van der Waals surface area contributed by atoms with E-state index in [1.807, 2.05) is 0 Å². The molecule has 0 aromatic carbocycles. The maximum atomic E-state index is 11.3. The van der Waals surface area contributed by atoms with Gasteiger partial charge in [0.25, 0.3) is 0 Å². The highest BCUT2D eigenvalue weighted by molar-refractivity contribution is 4.85. The van der Waals surface area contributed by atoms with Crippen molar-refractivity contribution in [2.75, 3.05) is 19.8 Å². The SMILES string of the molecule is C#CCOCC(Cn1c(=O)[nH][nH]c1=O)OCC#C. The third-order valence-electron chi connectivity index (χ3n) is 2.04. The third kappa shape index (κ3) is 3.98. The van der Waals surface area contributed by atoms with Gasteiger partial charge in [0.05, 0.1) is 13.2 Å². The van der Waals surface area contributed by atoms with Crippen LogP contribution in [0.15, 0.2) is 9.59 Å². The highest BCUT2D eigenvalue weighted by Gasteiger charge is 2.13. The molecule has 1 heterocycles. The van der Waals surface area contributed by atoms with Crippen molar-refractivity contribution in [3.8, 4) is 24.7 Å². The van der Waals surface area contributed by atoms with Gasteiger partial charge in [-0.15, -0.1) is 12.8 Å². The molecule has 0 aliphatic heterocycles. The number of hydrogen-bond donors (Lipinski definition) is 2. The number of terminal acetylenes is 2. The molecule has 0 aliphatic carbocycles. The quantitative estimate of drug-likeness (QED) is 0.457. The summed E-state index contributed by atoms with van der Waals surface area (Å²) in [6.45, 7) is 0.350. The number of aromatic amines is 2. The van der Waals surface area contributed by atoms with Gasteiger partial charge in [0, 0.05) is 0 Å². The molecule has 7 nitrogen and oxygen atoms in total. The largest absolute Gasteiger partial charge is 0.366 e. The Labute approximate surface area is 103 Å². The van der Waals surface area contributed by atoms with Crippen molar-refractivity contribution < 1.29 is 9.47 Å². The molecule has 7 heteroatoms. The summed E-state index contributed by atoms with van der Waals surface area (Å²) in [5.74, 6) is 4.60. The normalized spacial score (nSPS) is 11.7. The minimum Gasteiger partial charge on any atom is -0.366 e.